The minimum Gasteiger partial charge on any atom is -0.508 e. The van der Waals surface area contributed by atoms with E-state index in [0.717, 1.165) is 0 Å². The van der Waals surface area contributed by atoms with Gasteiger partial charge in [0.05, 0.1) is 12.5 Å². The fourth-order valence-corrected chi connectivity index (χ4v) is 3.15. The molecule has 0 aliphatic carbocycles. The number of carboxylic acid groups (broad SMARTS) is 2. The Morgan fingerprint density at radius 2 is 1.39 bits per heavy atom. The van der Waals surface area contributed by atoms with E-state index < -0.39 is 66.2 Å². The zero-order chi connectivity index (χ0) is 27.4. The van der Waals surface area contributed by atoms with Crippen molar-refractivity contribution in [3.63, 3.8) is 0 Å². The molecule has 15 heteroatoms. The van der Waals surface area contributed by atoms with Gasteiger partial charge in [0.2, 0.25) is 23.6 Å². The highest BCUT2D eigenvalue weighted by atomic mass is 32.1. The van der Waals surface area contributed by atoms with Gasteiger partial charge < -0.3 is 42.7 Å². The van der Waals surface area contributed by atoms with Crippen molar-refractivity contribution in [2.75, 3.05) is 5.75 Å². The number of nitrogens with one attached hydrogen (secondary N) is 3. The van der Waals surface area contributed by atoms with Crippen LogP contribution < -0.4 is 27.4 Å². The van der Waals surface area contributed by atoms with Gasteiger partial charge in [-0.25, -0.2) is 4.79 Å². The molecular weight excluding hydrogens is 498 g/mol. The van der Waals surface area contributed by atoms with Crippen molar-refractivity contribution in [3.05, 3.63) is 29.8 Å². The monoisotopic (exact) mass is 527 g/mol. The van der Waals surface area contributed by atoms with Gasteiger partial charge in [0.1, 0.15) is 23.9 Å². The lowest BCUT2D eigenvalue weighted by molar-refractivity contribution is -0.143. The Balaban J connectivity index is 3.11. The second-order valence-electron chi connectivity index (χ2n) is 7.78. The van der Waals surface area contributed by atoms with E-state index in [1.54, 1.807) is 0 Å². The number of aromatic hydroxyl groups is 1. The predicted octanol–water partition coefficient (Wildman–Crippen LogP) is -2.53. The van der Waals surface area contributed by atoms with Crippen LogP contribution in [0, 0.1) is 0 Å². The summed E-state index contributed by atoms with van der Waals surface area (Å²) in [5.41, 5.74) is 11.3. The van der Waals surface area contributed by atoms with Crippen molar-refractivity contribution in [1.29, 1.82) is 0 Å². The highest BCUT2D eigenvalue weighted by Gasteiger charge is 2.31. The van der Waals surface area contributed by atoms with E-state index in [2.05, 4.69) is 28.6 Å². The van der Waals surface area contributed by atoms with Gasteiger partial charge in [-0.05, 0) is 24.1 Å². The Labute approximate surface area is 211 Å². The Morgan fingerprint density at radius 1 is 0.861 bits per heavy atom. The molecule has 0 spiro atoms. The summed E-state index contributed by atoms with van der Waals surface area (Å²) in [4.78, 5) is 71.5. The molecule has 0 fully saturated rings. The van der Waals surface area contributed by atoms with Crippen LogP contribution in [0.5, 0.6) is 5.75 Å². The largest absolute Gasteiger partial charge is 0.508 e. The van der Waals surface area contributed by atoms with Gasteiger partial charge in [0.15, 0.2) is 0 Å². The summed E-state index contributed by atoms with van der Waals surface area (Å²) in [6, 6.07) is -0.0440. The summed E-state index contributed by atoms with van der Waals surface area (Å²) in [7, 11) is 0. The van der Waals surface area contributed by atoms with Crippen LogP contribution in [0.1, 0.15) is 24.8 Å². The number of hydrogen-bond donors (Lipinski definition) is 9. The van der Waals surface area contributed by atoms with E-state index in [9.17, 15) is 33.9 Å². The van der Waals surface area contributed by atoms with E-state index in [1.165, 1.54) is 24.3 Å². The molecule has 10 N–H and O–H groups in total. The SMILES string of the molecule is NC(=O)CCC(N)C(=O)NC(Cc1ccc(O)cc1)C(=O)NC(CC(=O)O)C(=O)NC(CS)C(=O)O. The number of thiol groups is 1. The lowest BCUT2D eigenvalue weighted by Gasteiger charge is -2.24. The van der Waals surface area contributed by atoms with E-state index in [4.69, 9.17) is 21.7 Å². The second kappa shape index (κ2) is 14.5. The molecular formula is C21H29N5O9S. The van der Waals surface area contributed by atoms with Crippen LogP contribution >= 0.6 is 12.6 Å². The topological polar surface area (TPSA) is 251 Å². The number of carboxylic acids is 2. The van der Waals surface area contributed by atoms with Crippen molar-refractivity contribution in [1.82, 2.24) is 16.0 Å². The van der Waals surface area contributed by atoms with E-state index >= 15 is 0 Å². The normalized spacial score (nSPS) is 13.9. The highest BCUT2D eigenvalue weighted by Crippen LogP contribution is 2.12. The Bertz CT molecular complexity index is 973. The highest BCUT2D eigenvalue weighted by molar-refractivity contribution is 7.80. The van der Waals surface area contributed by atoms with Crippen LogP contribution in [-0.4, -0.2) is 80.8 Å². The smallest absolute Gasteiger partial charge is 0.327 e. The third kappa shape index (κ3) is 10.6. The molecule has 0 aliphatic rings. The zero-order valence-corrected chi connectivity index (χ0v) is 19.9. The molecule has 198 valence electrons. The van der Waals surface area contributed by atoms with Crippen LogP contribution in [0.3, 0.4) is 0 Å². The molecule has 1 aromatic rings. The molecule has 14 nitrogen and oxygen atoms in total. The van der Waals surface area contributed by atoms with Crippen LogP contribution in [0.2, 0.25) is 0 Å². The number of carbonyl (C=O) groups excluding carboxylic acids is 4. The summed E-state index contributed by atoms with van der Waals surface area (Å²) in [5, 5.41) is 34.4. The molecule has 1 aromatic carbocycles. The van der Waals surface area contributed by atoms with Crippen LogP contribution in [-0.2, 0) is 35.2 Å². The van der Waals surface area contributed by atoms with Gasteiger partial charge in [-0.2, -0.15) is 12.6 Å². The number of aliphatic carboxylic acids is 2. The Hall–Kier alpha value is -3.85. The maximum atomic E-state index is 13.0. The van der Waals surface area contributed by atoms with Gasteiger partial charge in [-0.3, -0.25) is 24.0 Å². The predicted molar refractivity (Wildman–Crippen MR) is 128 cm³/mol. The minimum absolute atomic E-state index is 0.0485. The summed E-state index contributed by atoms with van der Waals surface area (Å²) < 4.78 is 0. The number of phenolic OH excluding ortho intramolecular Hbond substituents is 1. The first-order chi connectivity index (χ1) is 16.8. The number of amides is 4. The van der Waals surface area contributed by atoms with Gasteiger partial charge in [-0.1, -0.05) is 12.1 Å². The minimum atomic E-state index is -1.68. The molecule has 0 heterocycles. The quantitative estimate of drug-likeness (QED) is 0.108. The molecule has 0 saturated heterocycles. The number of benzene rings is 1. The fraction of sp³-hybridized carbons (Fsp3) is 0.429. The molecule has 0 saturated carbocycles. The molecule has 0 radical (unpaired) electrons. The first-order valence-electron chi connectivity index (χ1n) is 10.6. The zero-order valence-electron chi connectivity index (χ0n) is 19.0. The first-order valence-corrected chi connectivity index (χ1v) is 11.3. The maximum absolute atomic E-state index is 13.0. The summed E-state index contributed by atoms with van der Waals surface area (Å²) in [6.07, 6.45) is -1.30. The van der Waals surface area contributed by atoms with Crippen molar-refractivity contribution < 1.29 is 44.1 Å². The van der Waals surface area contributed by atoms with Gasteiger partial charge in [0, 0.05) is 18.6 Å². The molecule has 36 heavy (non-hydrogen) atoms. The molecule has 1 rings (SSSR count). The molecule has 0 aliphatic heterocycles. The van der Waals surface area contributed by atoms with Crippen molar-refractivity contribution >= 4 is 48.2 Å². The van der Waals surface area contributed by atoms with Crippen LogP contribution in [0.4, 0.5) is 0 Å². The molecule has 4 amide bonds. The standard InChI is InChI=1S/C21H29N5O9S/c22-12(5-6-16(23)28)18(31)24-13(7-10-1-3-11(27)4-2-10)19(32)25-14(8-17(29)30)20(33)26-15(9-36)21(34)35/h1-4,12-15,27,36H,5-9,22H2,(H2,23,28)(H,24,31)(H,25,32)(H,26,33)(H,29,30)(H,34,35). The number of primary amides is 1. The van der Waals surface area contributed by atoms with Crippen molar-refractivity contribution in [2.45, 2.75) is 49.9 Å². The summed E-state index contributed by atoms with van der Waals surface area (Å²) in [5.74, 6) is -6.75. The van der Waals surface area contributed by atoms with Gasteiger partial charge in [-0.15, -0.1) is 0 Å². The maximum Gasteiger partial charge on any atom is 0.327 e. The fourth-order valence-electron chi connectivity index (χ4n) is 2.90. The third-order valence-corrected chi connectivity index (χ3v) is 5.22. The number of hydrogen-bond acceptors (Lipinski definition) is 9. The van der Waals surface area contributed by atoms with Crippen LogP contribution in [0.25, 0.3) is 0 Å². The summed E-state index contributed by atoms with van der Waals surface area (Å²) >= 11 is 3.81. The molecule has 4 atom stereocenters. The van der Waals surface area contributed by atoms with Crippen molar-refractivity contribution in [2.24, 2.45) is 11.5 Å². The number of phenols is 1. The Morgan fingerprint density at radius 3 is 1.89 bits per heavy atom. The Kier molecular flexibility index (Phi) is 12.2. The van der Waals surface area contributed by atoms with Crippen molar-refractivity contribution in [3.8, 4) is 5.75 Å². The second-order valence-corrected chi connectivity index (χ2v) is 8.15. The lowest BCUT2D eigenvalue weighted by Crippen LogP contribution is -2.58. The molecule has 4 unspecified atom stereocenters. The molecule has 0 bridgehead atoms. The summed E-state index contributed by atoms with van der Waals surface area (Å²) in [6.45, 7) is 0. The van der Waals surface area contributed by atoms with Gasteiger partial charge in [0.25, 0.3) is 0 Å². The first kappa shape index (κ1) is 30.2. The van der Waals surface area contributed by atoms with Gasteiger partial charge >= 0.3 is 11.9 Å². The number of rotatable bonds is 15. The van der Waals surface area contributed by atoms with E-state index in [0.29, 0.717) is 5.56 Å². The molecule has 0 aromatic heterocycles. The number of nitrogens with two attached hydrogens (primary N) is 2. The lowest BCUT2D eigenvalue weighted by atomic mass is 10.0. The van der Waals surface area contributed by atoms with E-state index in [1.807, 2.05) is 0 Å². The number of carbonyl (C=O) groups is 6. The average Bonchev–Trinajstić information content (AvgIpc) is 2.80. The average molecular weight is 528 g/mol. The third-order valence-electron chi connectivity index (χ3n) is 4.86. The van der Waals surface area contributed by atoms with E-state index in [-0.39, 0.29) is 30.8 Å². The van der Waals surface area contributed by atoms with Crippen LogP contribution in [0.15, 0.2) is 24.3 Å².